The maximum absolute atomic E-state index is 4.54. The minimum Gasteiger partial charge on any atom is -0.308 e. The first kappa shape index (κ1) is 13.3. The van der Waals surface area contributed by atoms with Gasteiger partial charge in [-0.05, 0) is 42.6 Å². The molecule has 0 bridgehead atoms. The summed E-state index contributed by atoms with van der Waals surface area (Å²) in [4.78, 5) is 4.54. The Hall–Kier alpha value is -1.72. The lowest BCUT2D eigenvalue weighted by molar-refractivity contribution is 0.534. The molecule has 0 saturated heterocycles. The molecule has 1 unspecified atom stereocenters. The van der Waals surface area contributed by atoms with E-state index in [-0.39, 0.29) is 6.04 Å². The molecule has 0 aromatic carbocycles. The van der Waals surface area contributed by atoms with Gasteiger partial charge < -0.3 is 5.32 Å². The predicted octanol–water partition coefficient (Wildman–Crippen LogP) is 3.21. The van der Waals surface area contributed by atoms with Crippen molar-refractivity contribution in [3.05, 3.63) is 47.2 Å². The van der Waals surface area contributed by atoms with Crippen molar-refractivity contribution in [2.75, 3.05) is 7.05 Å². The second-order valence-electron chi connectivity index (χ2n) is 4.77. The quantitative estimate of drug-likeness (QED) is 0.783. The third-order valence-electron chi connectivity index (χ3n) is 3.43. The van der Waals surface area contributed by atoms with Crippen molar-refractivity contribution >= 4 is 21.6 Å². The Morgan fingerprint density at radius 1 is 1.40 bits per heavy atom. The van der Waals surface area contributed by atoms with Crippen molar-refractivity contribution in [2.24, 2.45) is 0 Å². The van der Waals surface area contributed by atoms with Crippen molar-refractivity contribution < 1.29 is 0 Å². The van der Waals surface area contributed by atoms with Crippen LogP contribution in [-0.4, -0.2) is 21.8 Å². The van der Waals surface area contributed by atoms with E-state index in [1.807, 2.05) is 19.4 Å². The van der Waals surface area contributed by atoms with E-state index in [2.05, 4.69) is 50.6 Å². The zero-order chi connectivity index (χ0) is 13.9. The standard InChI is InChI=1S/C15H18N4S/c1-3-7-19-13(4-6-18-19)15(16-2)11-9-14-12(17-10-11)5-8-20-14/h4-6,8-10,15-16H,3,7H2,1-2H3. The van der Waals surface area contributed by atoms with Gasteiger partial charge in [0.25, 0.3) is 0 Å². The fourth-order valence-electron chi connectivity index (χ4n) is 2.49. The van der Waals surface area contributed by atoms with Crippen LogP contribution in [0.5, 0.6) is 0 Å². The van der Waals surface area contributed by atoms with Crippen LogP contribution in [0.4, 0.5) is 0 Å². The molecule has 3 aromatic heterocycles. The summed E-state index contributed by atoms with van der Waals surface area (Å²) in [5.74, 6) is 0. The van der Waals surface area contributed by atoms with E-state index in [1.165, 1.54) is 16.0 Å². The lowest BCUT2D eigenvalue weighted by atomic mass is 10.1. The molecule has 4 nitrogen and oxygen atoms in total. The van der Waals surface area contributed by atoms with E-state index < -0.39 is 0 Å². The summed E-state index contributed by atoms with van der Waals surface area (Å²) in [5, 5.41) is 9.87. The Balaban J connectivity index is 2.01. The predicted molar refractivity (Wildman–Crippen MR) is 83.0 cm³/mol. The lowest BCUT2D eigenvalue weighted by Crippen LogP contribution is -2.21. The second-order valence-corrected chi connectivity index (χ2v) is 5.72. The van der Waals surface area contributed by atoms with Crippen molar-refractivity contribution in [1.82, 2.24) is 20.1 Å². The highest BCUT2D eigenvalue weighted by Crippen LogP contribution is 2.26. The number of rotatable bonds is 5. The zero-order valence-corrected chi connectivity index (χ0v) is 12.5. The molecule has 5 heteroatoms. The van der Waals surface area contributed by atoms with E-state index in [4.69, 9.17) is 0 Å². The zero-order valence-electron chi connectivity index (χ0n) is 11.7. The van der Waals surface area contributed by atoms with E-state index in [9.17, 15) is 0 Å². The number of nitrogens with one attached hydrogen (secondary N) is 1. The highest BCUT2D eigenvalue weighted by molar-refractivity contribution is 7.17. The van der Waals surface area contributed by atoms with Crippen LogP contribution in [0.3, 0.4) is 0 Å². The van der Waals surface area contributed by atoms with Gasteiger partial charge in [-0.15, -0.1) is 11.3 Å². The SMILES string of the molecule is CCCn1nccc1C(NC)c1cnc2ccsc2c1. The second kappa shape index (κ2) is 5.73. The Morgan fingerprint density at radius 2 is 2.30 bits per heavy atom. The number of thiophene rings is 1. The number of fused-ring (bicyclic) bond motifs is 1. The van der Waals surface area contributed by atoms with Crippen LogP contribution < -0.4 is 5.32 Å². The first-order chi connectivity index (χ1) is 9.83. The maximum atomic E-state index is 4.54. The molecule has 1 atom stereocenters. The van der Waals surface area contributed by atoms with Crippen LogP contribution in [0.25, 0.3) is 10.2 Å². The van der Waals surface area contributed by atoms with Crippen LogP contribution in [0, 0.1) is 0 Å². The Bertz CT molecular complexity index is 701. The minimum atomic E-state index is 0.128. The monoisotopic (exact) mass is 286 g/mol. The molecular formula is C15H18N4S. The highest BCUT2D eigenvalue weighted by Gasteiger charge is 2.17. The first-order valence-electron chi connectivity index (χ1n) is 6.85. The number of aromatic nitrogens is 3. The maximum Gasteiger partial charge on any atom is 0.0809 e. The first-order valence-corrected chi connectivity index (χ1v) is 7.73. The Morgan fingerprint density at radius 3 is 3.10 bits per heavy atom. The Labute approximate surface area is 122 Å². The molecule has 104 valence electrons. The highest BCUT2D eigenvalue weighted by atomic mass is 32.1. The summed E-state index contributed by atoms with van der Waals surface area (Å²) in [5.41, 5.74) is 3.43. The number of nitrogens with zero attached hydrogens (tertiary/aromatic N) is 3. The van der Waals surface area contributed by atoms with Crippen molar-refractivity contribution in [3.63, 3.8) is 0 Å². The summed E-state index contributed by atoms with van der Waals surface area (Å²) in [6.07, 6.45) is 4.90. The van der Waals surface area contributed by atoms with Gasteiger partial charge in [0.05, 0.1) is 22.0 Å². The summed E-state index contributed by atoms with van der Waals surface area (Å²) >= 11 is 1.73. The molecular weight excluding hydrogens is 268 g/mol. The summed E-state index contributed by atoms with van der Waals surface area (Å²) < 4.78 is 3.30. The van der Waals surface area contributed by atoms with Crippen molar-refractivity contribution in [1.29, 1.82) is 0 Å². The molecule has 0 saturated carbocycles. The molecule has 0 amide bonds. The van der Waals surface area contributed by atoms with E-state index in [1.54, 1.807) is 11.3 Å². The van der Waals surface area contributed by atoms with Crippen LogP contribution >= 0.6 is 11.3 Å². The molecule has 3 aromatic rings. The molecule has 0 spiro atoms. The van der Waals surface area contributed by atoms with E-state index in [0.29, 0.717) is 0 Å². The van der Waals surface area contributed by atoms with Gasteiger partial charge in [0.2, 0.25) is 0 Å². The topological polar surface area (TPSA) is 42.7 Å². The molecule has 1 N–H and O–H groups in total. The number of aryl methyl sites for hydroxylation is 1. The van der Waals surface area contributed by atoms with Gasteiger partial charge in [-0.25, -0.2) is 0 Å². The van der Waals surface area contributed by atoms with Gasteiger partial charge >= 0.3 is 0 Å². The fourth-order valence-corrected chi connectivity index (χ4v) is 3.28. The van der Waals surface area contributed by atoms with Gasteiger partial charge in [0, 0.05) is 18.9 Å². The van der Waals surface area contributed by atoms with Crippen LogP contribution in [0.1, 0.15) is 30.6 Å². The molecule has 0 radical (unpaired) electrons. The van der Waals surface area contributed by atoms with Crippen LogP contribution in [0.15, 0.2) is 36.0 Å². The van der Waals surface area contributed by atoms with Crippen molar-refractivity contribution in [3.8, 4) is 0 Å². The van der Waals surface area contributed by atoms with Gasteiger partial charge in [-0.2, -0.15) is 5.10 Å². The van der Waals surface area contributed by atoms with Crippen LogP contribution in [0.2, 0.25) is 0 Å². The van der Waals surface area contributed by atoms with Crippen molar-refractivity contribution in [2.45, 2.75) is 25.9 Å². The van der Waals surface area contributed by atoms with E-state index >= 15 is 0 Å². The molecule has 3 rings (SSSR count). The molecule has 3 heterocycles. The summed E-state index contributed by atoms with van der Waals surface area (Å²) in [6, 6.07) is 6.48. The summed E-state index contributed by atoms with van der Waals surface area (Å²) in [7, 11) is 1.98. The Kier molecular flexibility index (Phi) is 3.80. The normalized spacial score (nSPS) is 12.9. The molecule has 0 aliphatic carbocycles. The molecule has 20 heavy (non-hydrogen) atoms. The number of hydrogen-bond acceptors (Lipinski definition) is 4. The number of pyridine rings is 1. The largest absolute Gasteiger partial charge is 0.308 e. The van der Waals surface area contributed by atoms with Gasteiger partial charge in [-0.1, -0.05) is 6.92 Å². The molecule has 0 aliphatic rings. The van der Waals surface area contributed by atoms with Gasteiger partial charge in [0.1, 0.15) is 0 Å². The number of hydrogen-bond donors (Lipinski definition) is 1. The van der Waals surface area contributed by atoms with E-state index in [0.717, 1.165) is 18.5 Å². The fraction of sp³-hybridized carbons (Fsp3) is 0.333. The average molecular weight is 286 g/mol. The van der Waals surface area contributed by atoms with Crippen LogP contribution in [-0.2, 0) is 6.54 Å². The van der Waals surface area contributed by atoms with Gasteiger partial charge in [0.15, 0.2) is 0 Å². The lowest BCUT2D eigenvalue weighted by Gasteiger charge is -2.18. The molecule has 0 fully saturated rings. The average Bonchev–Trinajstić information content (AvgIpc) is 3.09. The minimum absolute atomic E-state index is 0.128. The third kappa shape index (κ3) is 2.34. The smallest absolute Gasteiger partial charge is 0.0809 e. The molecule has 0 aliphatic heterocycles. The summed E-state index contributed by atoms with van der Waals surface area (Å²) in [6.45, 7) is 3.11. The third-order valence-corrected chi connectivity index (χ3v) is 4.28. The van der Waals surface area contributed by atoms with Gasteiger partial charge in [-0.3, -0.25) is 9.67 Å².